The molecule has 1 aromatic heterocycles. The molecule has 0 aliphatic rings. The Bertz CT molecular complexity index is 252. The van der Waals surface area contributed by atoms with Gasteiger partial charge in [-0.05, 0) is 13.0 Å². The van der Waals surface area contributed by atoms with Gasteiger partial charge in [0, 0.05) is 13.2 Å². The molecule has 1 heterocycles. The van der Waals surface area contributed by atoms with Crippen molar-refractivity contribution in [2.75, 3.05) is 13.2 Å². The van der Waals surface area contributed by atoms with E-state index in [1.807, 2.05) is 0 Å². The fraction of sp³-hybridized carbons (Fsp3) is 0.778. The van der Waals surface area contributed by atoms with Crippen molar-refractivity contribution in [1.82, 2.24) is 15.5 Å². The highest BCUT2D eigenvalue weighted by Crippen LogP contribution is 2.10. The Balaban J connectivity index is 2.27. The molecule has 1 rings (SSSR count). The van der Waals surface area contributed by atoms with Crippen molar-refractivity contribution in [2.45, 2.75) is 33.4 Å². The number of hydrogen-bond acceptors (Lipinski definition) is 5. The molecule has 0 radical (unpaired) electrons. The predicted octanol–water partition coefficient (Wildman–Crippen LogP) is 1.57. The van der Waals surface area contributed by atoms with Crippen LogP contribution in [-0.4, -0.2) is 23.3 Å². The molecule has 5 heteroatoms. The van der Waals surface area contributed by atoms with E-state index in [0.29, 0.717) is 6.61 Å². The summed E-state index contributed by atoms with van der Waals surface area (Å²) in [7, 11) is 0. The Morgan fingerprint density at radius 3 is 2.79 bits per heavy atom. The first kappa shape index (κ1) is 11.6. The highest BCUT2D eigenvalue weighted by molar-refractivity contribution is 7.11. The van der Waals surface area contributed by atoms with Crippen molar-refractivity contribution in [3.63, 3.8) is 0 Å². The lowest BCUT2D eigenvalue weighted by molar-refractivity contribution is 0.121. The minimum atomic E-state index is 0.595. The summed E-state index contributed by atoms with van der Waals surface area (Å²) in [6, 6.07) is 0. The predicted molar refractivity (Wildman–Crippen MR) is 57.2 cm³/mol. The zero-order valence-corrected chi connectivity index (χ0v) is 9.56. The summed E-state index contributed by atoms with van der Waals surface area (Å²) < 4.78 is 5.37. The maximum Gasteiger partial charge on any atom is 0.143 e. The fourth-order valence-corrected chi connectivity index (χ4v) is 1.71. The van der Waals surface area contributed by atoms with E-state index < -0.39 is 0 Å². The number of ether oxygens (including phenoxy) is 1. The third-order valence-electron chi connectivity index (χ3n) is 1.61. The number of aromatic nitrogens is 2. The van der Waals surface area contributed by atoms with E-state index in [1.54, 1.807) is 11.3 Å². The number of hydrogen-bond donors (Lipinski definition) is 1. The standard InChI is InChI=1S/C9H17N3OS/c1-3-5-13-7-9-12-11-8(14-9)6-10-4-2/h10H,3-7H2,1-2H3. The van der Waals surface area contributed by atoms with Gasteiger partial charge in [0.15, 0.2) is 0 Å². The van der Waals surface area contributed by atoms with Gasteiger partial charge in [-0.25, -0.2) is 0 Å². The van der Waals surface area contributed by atoms with Crippen LogP contribution in [-0.2, 0) is 17.9 Å². The summed E-state index contributed by atoms with van der Waals surface area (Å²) in [5.74, 6) is 0. The fourth-order valence-electron chi connectivity index (χ4n) is 0.954. The molecule has 14 heavy (non-hydrogen) atoms. The van der Waals surface area contributed by atoms with Crippen molar-refractivity contribution < 1.29 is 4.74 Å². The van der Waals surface area contributed by atoms with Crippen molar-refractivity contribution in [3.8, 4) is 0 Å². The van der Waals surface area contributed by atoms with E-state index >= 15 is 0 Å². The maximum absolute atomic E-state index is 5.37. The first-order valence-electron chi connectivity index (χ1n) is 4.96. The summed E-state index contributed by atoms with van der Waals surface area (Å²) in [4.78, 5) is 0. The number of nitrogens with one attached hydrogen (secondary N) is 1. The molecule has 80 valence electrons. The second-order valence-electron chi connectivity index (χ2n) is 2.92. The molecule has 4 nitrogen and oxygen atoms in total. The van der Waals surface area contributed by atoms with Crippen LogP contribution in [0, 0.1) is 0 Å². The Labute approximate surface area is 88.7 Å². The van der Waals surface area contributed by atoms with Crippen LogP contribution in [0.2, 0.25) is 0 Å². The molecule has 0 aliphatic heterocycles. The Kier molecular flexibility index (Phi) is 5.66. The smallest absolute Gasteiger partial charge is 0.143 e. The molecule has 0 unspecified atom stereocenters. The van der Waals surface area contributed by atoms with Crippen LogP contribution in [0.25, 0.3) is 0 Å². The summed E-state index contributed by atoms with van der Waals surface area (Å²) in [6.45, 7) is 7.33. The molecular weight excluding hydrogens is 198 g/mol. The molecule has 0 spiro atoms. The molecule has 0 aromatic carbocycles. The van der Waals surface area contributed by atoms with E-state index in [2.05, 4.69) is 29.4 Å². The van der Waals surface area contributed by atoms with Crippen molar-refractivity contribution in [2.24, 2.45) is 0 Å². The Morgan fingerprint density at radius 2 is 2.07 bits per heavy atom. The molecule has 0 bridgehead atoms. The second-order valence-corrected chi connectivity index (χ2v) is 4.07. The molecule has 0 saturated heterocycles. The molecular formula is C9H17N3OS. The third-order valence-corrected chi connectivity index (χ3v) is 2.51. The van der Waals surface area contributed by atoms with Gasteiger partial charge in [-0.2, -0.15) is 0 Å². The highest BCUT2D eigenvalue weighted by atomic mass is 32.1. The van der Waals surface area contributed by atoms with Crippen molar-refractivity contribution >= 4 is 11.3 Å². The first-order valence-corrected chi connectivity index (χ1v) is 5.78. The normalized spacial score (nSPS) is 10.7. The van der Waals surface area contributed by atoms with Crippen molar-refractivity contribution in [3.05, 3.63) is 10.0 Å². The lowest BCUT2D eigenvalue weighted by Gasteiger charge is -1.96. The zero-order chi connectivity index (χ0) is 10.2. The number of rotatable bonds is 7. The molecule has 0 saturated carbocycles. The van der Waals surface area contributed by atoms with Crippen LogP contribution >= 0.6 is 11.3 Å². The Hall–Kier alpha value is -0.520. The van der Waals surface area contributed by atoms with Crippen LogP contribution in [0.3, 0.4) is 0 Å². The van der Waals surface area contributed by atoms with E-state index in [0.717, 1.165) is 36.1 Å². The van der Waals surface area contributed by atoms with Crippen LogP contribution in [0.4, 0.5) is 0 Å². The van der Waals surface area contributed by atoms with E-state index in [4.69, 9.17) is 4.74 Å². The summed E-state index contributed by atoms with van der Waals surface area (Å²) in [6.07, 6.45) is 1.04. The molecule has 0 aliphatic carbocycles. The lowest BCUT2D eigenvalue weighted by atomic mass is 10.5. The van der Waals surface area contributed by atoms with Gasteiger partial charge in [-0.15, -0.1) is 10.2 Å². The Morgan fingerprint density at radius 1 is 1.29 bits per heavy atom. The molecule has 1 N–H and O–H groups in total. The van der Waals surface area contributed by atoms with Gasteiger partial charge in [0.25, 0.3) is 0 Å². The van der Waals surface area contributed by atoms with Crippen molar-refractivity contribution in [1.29, 1.82) is 0 Å². The van der Waals surface area contributed by atoms with Gasteiger partial charge in [0.2, 0.25) is 0 Å². The van der Waals surface area contributed by atoms with Crippen LogP contribution in [0.1, 0.15) is 30.3 Å². The average Bonchev–Trinajstić information content (AvgIpc) is 2.63. The zero-order valence-electron chi connectivity index (χ0n) is 8.75. The molecule has 1 aromatic rings. The first-order chi connectivity index (χ1) is 6.86. The second kappa shape index (κ2) is 6.86. The lowest BCUT2D eigenvalue weighted by Crippen LogP contribution is -2.11. The minimum absolute atomic E-state index is 0.595. The van der Waals surface area contributed by atoms with E-state index in [1.165, 1.54) is 0 Å². The summed E-state index contributed by atoms with van der Waals surface area (Å²) >= 11 is 1.61. The van der Waals surface area contributed by atoms with E-state index in [9.17, 15) is 0 Å². The quantitative estimate of drug-likeness (QED) is 0.701. The van der Waals surface area contributed by atoms with Crippen LogP contribution in [0.15, 0.2) is 0 Å². The van der Waals surface area contributed by atoms with Gasteiger partial charge in [0.05, 0.1) is 0 Å². The van der Waals surface area contributed by atoms with Gasteiger partial charge >= 0.3 is 0 Å². The topological polar surface area (TPSA) is 47.0 Å². The maximum atomic E-state index is 5.37. The summed E-state index contributed by atoms with van der Waals surface area (Å²) in [5.41, 5.74) is 0. The minimum Gasteiger partial charge on any atom is -0.374 e. The van der Waals surface area contributed by atoms with Gasteiger partial charge in [0.1, 0.15) is 16.6 Å². The summed E-state index contributed by atoms with van der Waals surface area (Å²) in [5, 5.41) is 13.3. The van der Waals surface area contributed by atoms with Gasteiger partial charge in [-0.1, -0.05) is 25.2 Å². The van der Waals surface area contributed by atoms with Gasteiger partial charge in [-0.3, -0.25) is 0 Å². The average molecular weight is 215 g/mol. The SMILES string of the molecule is CCCOCc1nnc(CNCC)s1. The molecule has 0 fully saturated rings. The molecule has 0 amide bonds. The van der Waals surface area contributed by atoms with Crippen LogP contribution < -0.4 is 5.32 Å². The van der Waals surface area contributed by atoms with Gasteiger partial charge < -0.3 is 10.1 Å². The third kappa shape index (κ3) is 4.13. The largest absolute Gasteiger partial charge is 0.374 e. The van der Waals surface area contributed by atoms with E-state index in [-0.39, 0.29) is 0 Å². The molecule has 0 atom stereocenters. The van der Waals surface area contributed by atoms with Crippen LogP contribution in [0.5, 0.6) is 0 Å². The number of nitrogens with zero attached hydrogens (tertiary/aromatic N) is 2. The highest BCUT2D eigenvalue weighted by Gasteiger charge is 2.02. The monoisotopic (exact) mass is 215 g/mol.